The Bertz CT molecular complexity index is 213. The van der Waals surface area contributed by atoms with E-state index in [9.17, 15) is 8.42 Å². The zero-order chi connectivity index (χ0) is 9.78. The molecule has 0 aromatic carbocycles. The molecule has 0 aliphatic heterocycles. The third kappa shape index (κ3) is 4.69. The molecular formula is C7H18N2O2S. The van der Waals surface area contributed by atoms with Crippen molar-refractivity contribution in [1.82, 2.24) is 5.32 Å². The third-order valence-corrected chi connectivity index (χ3v) is 3.47. The molecule has 4 nitrogen and oxygen atoms in total. The van der Waals surface area contributed by atoms with E-state index in [-0.39, 0.29) is 11.3 Å². The number of hydrogen-bond acceptors (Lipinski definition) is 4. The fourth-order valence-electron chi connectivity index (χ4n) is 0.602. The van der Waals surface area contributed by atoms with E-state index >= 15 is 0 Å². The predicted octanol–water partition coefficient (Wildman–Crippen LogP) is -0.644. The van der Waals surface area contributed by atoms with Gasteiger partial charge in [0.25, 0.3) is 0 Å². The summed E-state index contributed by atoms with van der Waals surface area (Å²) >= 11 is 0. The molecule has 0 aliphatic carbocycles. The molecule has 0 amide bonds. The van der Waals surface area contributed by atoms with Crippen molar-refractivity contribution in [3.05, 3.63) is 0 Å². The summed E-state index contributed by atoms with van der Waals surface area (Å²) in [7, 11) is -2.91. The van der Waals surface area contributed by atoms with Crippen LogP contribution in [0.3, 0.4) is 0 Å². The van der Waals surface area contributed by atoms with Crippen LogP contribution in [-0.2, 0) is 9.84 Å². The van der Waals surface area contributed by atoms with Gasteiger partial charge in [0, 0.05) is 25.4 Å². The highest BCUT2D eigenvalue weighted by molar-refractivity contribution is 7.91. The van der Waals surface area contributed by atoms with Gasteiger partial charge >= 0.3 is 0 Å². The van der Waals surface area contributed by atoms with E-state index in [0.717, 1.165) is 0 Å². The number of nitrogens with two attached hydrogens (primary N) is 1. The number of nitrogens with one attached hydrogen (secondary N) is 1. The van der Waals surface area contributed by atoms with Crippen LogP contribution in [0.2, 0.25) is 0 Å². The lowest BCUT2D eigenvalue weighted by atomic mass is 10.3. The number of sulfone groups is 1. The zero-order valence-electron chi connectivity index (χ0n) is 7.87. The van der Waals surface area contributed by atoms with Crippen molar-refractivity contribution >= 4 is 9.84 Å². The molecule has 0 fully saturated rings. The van der Waals surface area contributed by atoms with Gasteiger partial charge in [0.15, 0.2) is 9.84 Å². The summed E-state index contributed by atoms with van der Waals surface area (Å²) in [6, 6.07) is 0.175. The molecule has 0 heterocycles. The van der Waals surface area contributed by atoms with Gasteiger partial charge in [0.1, 0.15) is 0 Å². The molecule has 0 rings (SSSR count). The fraction of sp³-hybridized carbons (Fsp3) is 1.00. The van der Waals surface area contributed by atoms with Crippen molar-refractivity contribution in [2.75, 3.05) is 19.3 Å². The molecule has 0 spiro atoms. The van der Waals surface area contributed by atoms with E-state index in [2.05, 4.69) is 5.32 Å². The molecule has 74 valence electrons. The van der Waals surface area contributed by atoms with Crippen molar-refractivity contribution in [2.24, 2.45) is 5.73 Å². The standard InChI is InChI=1S/C7H18N2O2S/c1-6(4-8)9-5-7(2)12(3,10)11/h6-7,9H,4-5,8H2,1-3H3. The third-order valence-electron chi connectivity index (χ3n) is 1.84. The van der Waals surface area contributed by atoms with E-state index in [1.165, 1.54) is 6.26 Å². The highest BCUT2D eigenvalue weighted by Gasteiger charge is 2.14. The molecule has 3 N–H and O–H groups in total. The SMILES string of the molecule is CC(CN)NCC(C)S(C)(=O)=O. The first-order valence-corrected chi connectivity index (χ1v) is 5.95. The van der Waals surface area contributed by atoms with Gasteiger partial charge in [-0.25, -0.2) is 8.42 Å². The van der Waals surface area contributed by atoms with Gasteiger partial charge in [-0.3, -0.25) is 0 Å². The van der Waals surface area contributed by atoms with Crippen LogP contribution in [0.25, 0.3) is 0 Å². The van der Waals surface area contributed by atoms with Crippen LogP contribution in [0.4, 0.5) is 0 Å². The molecule has 0 saturated heterocycles. The number of hydrogen-bond donors (Lipinski definition) is 2. The molecular weight excluding hydrogens is 176 g/mol. The van der Waals surface area contributed by atoms with Crippen LogP contribution < -0.4 is 11.1 Å². The van der Waals surface area contributed by atoms with Crippen LogP contribution in [0.15, 0.2) is 0 Å². The highest BCUT2D eigenvalue weighted by atomic mass is 32.2. The summed E-state index contributed by atoms with van der Waals surface area (Å²) in [5.74, 6) is 0. The molecule has 2 atom stereocenters. The predicted molar refractivity (Wildman–Crippen MR) is 50.8 cm³/mol. The summed E-state index contributed by atoms with van der Waals surface area (Å²) in [4.78, 5) is 0. The van der Waals surface area contributed by atoms with E-state index in [4.69, 9.17) is 5.73 Å². The normalized spacial score (nSPS) is 17.3. The summed E-state index contributed by atoms with van der Waals surface area (Å²) in [5.41, 5.74) is 5.36. The van der Waals surface area contributed by atoms with Gasteiger partial charge in [0.2, 0.25) is 0 Å². The minimum absolute atomic E-state index is 0.175. The Morgan fingerprint density at radius 1 is 1.42 bits per heavy atom. The number of rotatable bonds is 5. The Balaban J connectivity index is 3.80. The Labute approximate surface area is 74.4 Å². The molecule has 0 aliphatic rings. The monoisotopic (exact) mass is 194 g/mol. The van der Waals surface area contributed by atoms with Crippen LogP contribution in [0, 0.1) is 0 Å². The first-order chi connectivity index (χ1) is 5.38. The van der Waals surface area contributed by atoms with Crippen molar-refractivity contribution < 1.29 is 8.42 Å². The highest BCUT2D eigenvalue weighted by Crippen LogP contribution is 1.95. The topological polar surface area (TPSA) is 72.2 Å². The van der Waals surface area contributed by atoms with Gasteiger partial charge in [-0.15, -0.1) is 0 Å². The maximum Gasteiger partial charge on any atom is 0.151 e. The average Bonchev–Trinajstić information content (AvgIpc) is 1.97. The van der Waals surface area contributed by atoms with Crippen LogP contribution in [0.1, 0.15) is 13.8 Å². The smallest absolute Gasteiger partial charge is 0.151 e. The largest absolute Gasteiger partial charge is 0.329 e. The van der Waals surface area contributed by atoms with Crippen molar-refractivity contribution in [2.45, 2.75) is 25.1 Å². The molecule has 0 aromatic heterocycles. The van der Waals surface area contributed by atoms with Gasteiger partial charge in [-0.2, -0.15) is 0 Å². The van der Waals surface area contributed by atoms with E-state index in [1.54, 1.807) is 6.92 Å². The van der Waals surface area contributed by atoms with Crippen molar-refractivity contribution in [3.63, 3.8) is 0 Å². The molecule has 5 heteroatoms. The average molecular weight is 194 g/mol. The lowest BCUT2D eigenvalue weighted by Gasteiger charge is -2.14. The van der Waals surface area contributed by atoms with Gasteiger partial charge in [-0.1, -0.05) is 0 Å². The minimum Gasteiger partial charge on any atom is -0.329 e. The summed E-state index contributed by atoms with van der Waals surface area (Å²) in [6.07, 6.45) is 1.24. The summed E-state index contributed by atoms with van der Waals surface area (Å²) in [6.45, 7) is 4.61. The van der Waals surface area contributed by atoms with Gasteiger partial charge in [0.05, 0.1) is 5.25 Å². The lowest BCUT2D eigenvalue weighted by Crippen LogP contribution is -2.39. The molecule has 12 heavy (non-hydrogen) atoms. The van der Waals surface area contributed by atoms with Crippen molar-refractivity contribution in [3.8, 4) is 0 Å². The molecule has 2 unspecified atom stereocenters. The second kappa shape index (κ2) is 4.79. The first kappa shape index (κ1) is 11.9. The second-order valence-electron chi connectivity index (χ2n) is 3.19. The second-order valence-corrected chi connectivity index (χ2v) is 5.65. The van der Waals surface area contributed by atoms with E-state index in [1.807, 2.05) is 6.92 Å². The molecule has 0 aromatic rings. The molecule has 0 saturated carbocycles. The van der Waals surface area contributed by atoms with Gasteiger partial charge < -0.3 is 11.1 Å². The lowest BCUT2D eigenvalue weighted by molar-refractivity contribution is 0.537. The Kier molecular flexibility index (Phi) is 4.74. The maximum absolute atomic E-state index is 11.0. The molecule has 0 bridgehead atoms. The van der Waals surface area contributed by atoms with E-state index < -0.39 is 9.84 Å². The maximum atomic E-state index is 11.0. The zero-order valence-corrected chi connectivity index (χ0v) is 8.69. The Hall–Kier alpha value is -0.130. The quantitative estimate of drug-likeness (QED) is 0.610. The minimum atomic E-state index is -2.91. The van der Waals surface area contributed by atoms with E-state index in [0.29, 0.717) is 13.1 Å². The first-order valence-electron chi connectivity index (χ1n) is 4.00. The van der Waals surface area contributed by atoms with Crippen LogP contribution >= 0.6 is 0 Å². The van der Waals surface area contributed by atoms with Crippen LogP contribution in [0.5, 0.6) is 0 Å². The Morgan fingerprint density at radius 2 is 1.92 bits per heavy atom. The summed E-state index contributed by atoms with van der Waals surface area (Å²) < 4.78 is 21.9. The summed E-state index contributed by atoms with van der Waals surface area (Å²) in [5, 5.41) is 2.69. The van der Waals surface area contributed by atoms with Gasteiger partial charge in [-0.05, 0) is 13.8 Å². The fourth-order valence-corrected chi connectivity index (χ4v) is 1.00. The van der Waals surface area contributed by atoms with Crippen LogP contribution in [-0.4, -0.2) is 39.1 Å². The Morgan fingerprint density at radius 3 is 2.25 bits per heavy atom. The molecule has 0 radical (unpaired) electrons. The van der Waals surface area contributed by atoms with Crippen molar-refractivity contribution in [1.29, 1.82) is 0 Å².